The molecule has 0 saturated carbocycles. The number of aliphatic carboxylic acids is 1. The second-order valence-corrected chi connectivity index (χ2v) is 5.74. The monoisotopic (exact) mass is 357 g/mol. The van der Waals surface area contributed by atoms with E-state index in [1.54, 1.807) is 41.3 Å². The first kappa shape index (κ1) is 17.6. The maximum Gasteiger partial charge on any atom is 0.341 e. The molecule has 0 saturated heterocycles. The minimum absolute atomic E-state index is 0.0942. The van der Waals surface area contributed by atoms with Crippen molar-refractivity contribution in [2.45, 2.75) is 6.54 Å². The summed E-state index contributed by atoms with van der Waals surface area (Å²) in [6.07, 6.45) is 0. The molecule has 2 aromatic rings. The third kappa shape index (κ3) is 3.88. The summed E-state index contributed by atoms with van der Waals surface area (Å²) in [5.74, 6) is 0.195. The van der Waals surface area contributed by atoms with Crippen LogP contribution in [0.3, 0.4) is 0 Å². The molecule has 1 N–H and O–H groups in total. The zero-order valence-electron chi connectivity index (χ0n) is 14.3. The van der Waals surface area contributed by atoms with Gasteiger partial charge in [-0.05, 0) is 29.8 Å². The first-order valence-corrected chi connectivity index (χ1v) is 8.11. The predicted molar refractivity (Wildman–Crippen MR) is 92.8 cm³/mol. The molecule has 26 heavy (non-hydrogen) atoms. The van der Waals surface area contributed by atoms with Gasteiger partial charge in [-0.25, -0.2) is 4.79 Å². The molecule has 0 radical (unpaired) electrons. The summed E-state index contributed by atoms with van der Waals surface area (Å²) in [4.78, 5) is 25.1. The SMILES string of the molecule is COc1cc(CN2CCOc3ccccc3C2=O)ccc1OCC(=O)O. The third-order valence-corrected chi connectivity index (χ3v) is 3.98. The fourth-order valence-corrected chi connectivity index (χ4v) is 2.75. The van der Waals surface area contributed by atoms with Crippen LogP contribution in [0.15, 0.2) is 42.5 Å². The summed E-state index contributed by atoms with van der Waals surface area (Å²) in [6.45, 7) is 0.813. The van der Waals surface area contributed by atoms with E-state index in [4.69, 9.17) is 19.3 Å². The molecule has 0 aromatic heterocycles. The van der Waals surface area contributed by atoms with Crippen LogP contribution in [0.4, 0.5) is 0 Å². The van der Waals surface area contributed by atoms with Crippen LogP contribution in [0, 0.1) is 0 Å². The van der Waals surface area contributed by atoms with E-state index in [0.717, 1.165) is 5.56 Å². The minimum atomic E-state index is -1.06. The second-order valence-electron chi connectivity index (χ2n) is 5.74. The number of ether oxygens (including phenoxy) is 3. The summed E-state index contributed by atoms with van der Waals surface area (Å²) < 4.78 is 16.1. The molecule has 0 bridgehead atoms. The molecule has 1 amide bonds. The van der Waals surface area contributed by atoms with Crippen molar-refractivity contribution in [3.8, 4) is 17.2 Å². The predicted octanol–water partition coefficient (Wildman–Crippen LogP) is 2.19. The Balaban J connectivity index is 1.78. The van der Waals surface area contributed by atoms with Gasteiger partial charge in [0.2, 0.25) is 0 Å². The van der Waals surface area contributed by atoms with Gasteiger partial charge >= 0.3 is 5.97 Å². The Hall–Kier alpha value is -3.22. The number of methoxy groups -OCH3 is 1. The highest BCUT2D eigenvalue weighted by molar-refractivity contribution is 5.97. The molecule has 1 aliphatic rings. The van der Waals surface area contributed by atoms with E-state index < -0.39 is 12.6 Å². The van der Waals surface area contributed by atoms with Crippen molar-refractivity contribution >= 4 is 11.9 Å². The van der Waals surface area contributed by atoms with Gasteiger partial charge in [0, 0.05) is 6.54 Å². The number of hydrogen-bond acceptors (Lipinski definition) is 5. The molecule has 7 heteroatoms. The van der Waals surface area contributed by atoms with Crippen molar-refractivity contribution in [3.05, 3.63) is 53.6 Å². The van der Waals surface area contributed by atoms with Crippen molar-refractivity contribution in [2.24, 2.45) is 0 Å². The number of fused-ring (bicyclic) bond motifs is 1. The molecular formula is C19H19NO6. The average Bonchev–Trinajstić information content (AvgIpc) is 2.80. The molecule has 0 aliphatic carbocycles. The van der Waals surface area contributed by atoms with Crippen molar-refractivity contribution in [1.82, 2.24) is 4.90 Å². The van der Waals surface area contributed by atoms with Gasteiger partial charge in [0.1, 0.15) is 12.4 Å². The Labute approximate surface area is 150 Å². The van der Waals surface area contributed by atoms with Crippen molar-refractivity contribution < 1.29 is 28.9 Å². The lowest BCUT2D eigenvalue weighted by Crippen LogP contribution is -2.31. The highest BCUT2D eigenvalue weighted by Crippen LogP contribution is 2.29. The molecule has 1 aliphatic heterocycles. The number of rotatable bonds is 6. The van der Waals surface area contributed by atoms with E-state index in [2.05, 4.69) is 0 Å². The summed E-state index contributed by atoms with van der Waals surface area (Å²) >= 11 is 0. The first-order valence-electron chi connectivity index (χ1n) is 8.11. The molecule has 0 fully saturated rings. The number of benzene rings is 2. The quantitative estimate of drug-likeness (QED) is 0.853. The summed E-state index contributed by atoms with van der Waals surface area (Å²) in [5.41, 5.74) is 1.38. The molecule has 0 spiro atoms. The molecule has 0 atom stereocenters. The molecule has 0 unspecified atom stereocenters. The maximum absolute atomic E-state index is 12.8. The topological polar surface area (TPSA) is 85.3 Å². The number of carbonyl (C=O) groups excluding carboxylic acids is 1. The number of para-hydroxylation sites is 1. The highest BCUT2D eigenvalue weighted by Gasteiger charge is 2.23. The second kappa shape index (κ2) is 7.77. The Kier molecular flexibility index (Phi) is 5.26. The maximum atomic E-state index is 12.8. The summed E-state index contributed by atoms with van der Waals surface area (Å²) in [6, 6.07) is 12.3. The van der Waals surface area contributed by atoms with E-state index in [9.17, 15) is 9.59 Å². The molecular weight excluding hydrogens is 338 g/mol. The van der Waals surface area contributed by atoms with Crippen LogP contribution in [-0.2, 0) is 11.3 Å². The number of carbonyl (C=O) groups is 2. The van der Waals surface area contributed by atoms with E-state index in [0.29, 0.717) is 42.5 Å². The minimum Gasteiger partial charge on any atom is -0.493 e. The van der Waals surface area contributed by atoms with Crippen LogP contribution in [0.2, 0.25) is 0 Å². The van der Waals surface area contributed by atoms with Crippen molar-refractivity contribution in [1.29, 1.82) is 0 Å². The lowest BCUT2D eigenvalue weighted by atomic mass is 10.1. The van der Waals surface area contributed by atoms with Gasteiger partial charge in [-0.3, -0.25) is 4.79 Å². The average molecular weight is 357 g/mol. The number of hydrogen-bond donors (Lipinski definition) is 1. The summed E-state index contributed by atoms with van der Waals surface area (Å²) in [7, 11) is 1.48. The lowest BCUT2D eigenvalue weighted by molar-refractivity contribution is -0.139. The van der Waals surface area contributed by atoms with Crippen LogP contribution in [0.25, 0.3) is 0 Å². The standard InChI is InChI=1S/C19H19NO6/c1-24-17-10-13(6-7-16(17)26-12-18(21)22)11-20-8-9-25-15-5-3-2-4-14(15)19(20)23/h2-7,10H,8-9,11-12H2,1H3,(H,21,22). The fourth-order valence-electron chi connectivity index (χ4n) is 2.75. The van der Waals surface area contributed by atoms with Gasteiger partial charge in [-0.15, -0.1) is 0 Å². The Morgan fingerprint density at radius 1 is 1.23 bits per heavy atom. The van der Waals surface area contributed by atoms with Crippen molar-refractivity contribution in [3.63, 3.8) is 0 Å². The number of carboxylic acid groups (broad SMARTS) is 1. The molecule has 1 heterocycles. The van der Waals surface area contributed by atoms with Crippen LogP contribution >= 0.6 is 0 Å². The Morgan fingerprint density at radius 2 is 2.04 bits per heavy atom. The van der Waals surface area contributed by atoms with E-state index >= 15 is 0 Å². The zero-order valence-corrected chi connectivity index (χ0v) is 14.3. The number of nitrogens with zero attached hydrogens (tertiary/aromatic N) is 1. The van der Waals surface area contributed by atoms with Crippen LogP contribution in [0.5, 0.6) is 17.2 Å². The molecule has 136 valence electrons. The highest BCUT2D eigenvalue weighted by atomic mass is 16.5. The lowest BCUT2D eigenvalue weighted by Gasteiger charge is -2.20. The van der Waals surface area contributed by atoms with Crippen LogP contribution < -0.4 is 14.2 Å². The van der Waals surface area contributed by atoms with Gasteiger partial charge in [-0.1, -0.05) is 18.2 Å². The third-order valence-electron chi connectivity index (χ3n) is 3.98. The first-order chi connectivity index (χ1) is 12.6. The Bertz CT molecular complexity index is 819. The van der Waals surface area contributed by atoms with Gasteiger partial charge in [0.05, 0.1) is 19.2 Å². The van der Waals surface area contributed by atoms with Crippen LogP contribution in [-0.4, -0.2) is 48.8 Å². The normalized spacial score (nSPS) is 13.4. The summed E-state index contributed by atoms with van der Waals surface area (Å²) in [5, 5.41) is 8.72. The van der Waals surface area contributed by atoms with E-state index in [-0.39, 0.29) is 5.91 Å². The largest absolute Gasteiger partial charge is 0.493 e. The Morgan fingerprint density at radius 3 is 2.81 bits per heavy atom. The molecule has 7 nitrogen and oxygen atoms in total. The number of amides is 1. The number of carboxylic acids is 1. The molecule has 2 aromatic carbocycles. The fraction of sp³-hybridized carbons (Fsp3) is 0.263. The van der Waals surface area contributed by atoms with Gasteiger partial charge in [0.15, 0.2) is 18.1 Å². The van der Waals surface area contributed by atoms with E-state index in [1.807, 2.05) is 6.07 Å². The molecule has 3 rings (SSSR count). The van der Waals surface area contributed by atoms with Gasteiger partial charge in [-0.2, -0.15) is 0 Å². The van der Waals surface area contributed by atoms with Gasteiger partial charge < -0.3 is 24.2 Å². The smallest absolute Gasteiger partial charge is 0.341 e. The van der Waals surface area contributed by atoms with Crippen molar-refractivity contribution in [2.75, 3.05) is 26.9 Å². The zero-order chi connectivity index (χ0) is 18.5. The van der Waals surface area contributed by atoms with Crippen LogP contribution in [0.1, 0.15) is 15.9 Å². The van der Waals surface area contributed by atoms with Gasteiger partial charge in [0.25, 0.3) is 5.91 Å². The van der Waals surface area contributed by atoms with E-state index in [1.165, 1.54) is 7.11 Å².